The zero-order valence-electron chi connectivity index (χ0n) is 32.5. The van der Waals surface area contributed by atoms with E-state index in [0.717, 1.165) is 55.3 Å². The molecule has 0 bridgehead atoms. The summed E-state index contributed by atoms with van der Waals surface area (Å²) in [6, 6.07) is 75.9. The number of hydrogen-bond acceptors (Lipinski definition) is 3. The fourth-order valence-electron chi connectivity index (χ4n) is 9.27. The van der Waals surface area contributed by atoms with Crippen LogP contribution in [0.4, 0.5) is 0 Å². The zero-order valence-corrected chi connectivity index (χ0v) is 34.3. The Morgan fingerprint density at radius 3 is 1.75 bits per heavy atom. The number of hydrogen-bond donors (Lipinski definition) is 0. The maximum absolute atomic E-state index is 5.59. The Labute approximate surface area is 348 Å². The molecule has 0 aliphatic rings. The van der Waals surface area contributed by atoms with Crippen LogP contribution in [0.2, 0.25) is 0 Å². The summed E-state index contributed by atoms with van der Waals surface area (Å²) >= 11 is 1.84. The molecule has 8 aromatic carbocycles. The molecule has 0 amide bonds. The normalized spacial score (nSPS) is 11.8. The van der Waals surface area contributed by atoms with Crippen LogP contribution < -0.4 is 20.7 Å². The molecule has 59 heavy (non-hydrogen) atoms. The van der Waals surface area contributed by atoms with Gasteiger partial charge < -0.3 is 0 Å². The molecule has 0 radical (unpaired) electrons. The Balaban J connectivity index is 1.22. The second-order valence-corrected chi connectivity index (χ2v) is 20.2. The van der Waals surface area contributed by atoms with Crippen LogP contribution in [-0.2, 0) is 0 Å². The van der Waals surface area contributed by atoms with Gasteiger partial charge in [-0.15, -0.1) is 11.3 Å². The molecule has 0 fully saturated rings. The summed E-state index contributed by atoms with van der Waals surface area (Å²) in [6.45, 7) is 2.21. The van der Waals surface area contributed by atoms with Crippen LogP contribution in [0.15, 0.2) is 212 Å². The van der Waals surface area contributed by atoms with E-state index >= 15 is 0 Å². The molecule has 11 rings (SSSR count). The van der Waals surface area contributed by atoms with Gasteiger partial charge >= 0.3 is 0 Å². The van der Waals surface area contributed by atoms with Crippen molar-refractivity contribution in [1.82, 2.24) is 9.97 Å². The first-order chi connectivity index (χ1) is 29.2. The van der Waals surface area contributed by atoms with E-state index < -0.39 is 8.07 Å². The van der Waals surface area contributed by atoms with Crippen molar-refractivity contribution in [3.8, 4) is 33.5 Å². The molecule has 0 aliphatic carbocycles. The van der Waals surface area contributed by atoms with Crippen molar-refractivity contribution in [2.75, 3.05) is 0 Å². The first-order valence-corrected chi connectivity index (χ1v) is 23.0. The van der Waals surface area contributed by atoms with Gasteiger partial charge in [0.1, 0.15) is 0 Å². The van der Waals surface area contributed by atoms with Gasteiger partial charge in [-0.05, 0) is 68.1 Å². The lowest BCUT2D eigenvalue weighted by atomic mass is 9.94. The van der Waals surface area contributed by atoms with Gasteiger partial charge in [0.25, 0.3) is 0 Å². The highest BCUT2D eigenvalue weighted by Gasteiger charge is 2.41. The molecule has 0 saturated heterocycles. The molecule has 0 unspecified atom stereocenters. The van der Waals surface area contributed by atoms with Crippen LogP contribution in [0.1, 0.15) is 5.56 Å². The van der Waals surface area contributed by atoms with Crippen molar-refractivity contribution < 1.29 is 0 Å². The van der Waals surface area contributed by atoms with Crippen molar-refractivity contribution in [2.45, 2.75) is 6.92 Å². The van der Waals surface area contributed by atoms with E-state index in [1.54, 1.807) is 0 Å². The lowest BCUT2D eigenvalue weighted by Crippen LogP contribution is -2.74. The van der Waals surface area contributed by atoms with Crippen LogP contribution >= 0.6 is 11.3 Å². The summed E-state index contributed by atoms with van der Waals surface area (Å²) in [4.78, 5) is 10.7. The van der Waals surface area contributed by atoms with Crippen molar-refractivity contribution in [3.63, 3.8) is 0 Å². The molecule has 278 valence electrons. The van der Waals surface area contributed by atoms with Crippen molar-refractivity contribution in [3.05, 3.63) is 218 Å². The fraction of sp³-hybridized carbons (Fsp3) is 0.0182. The van der Waals surface area contributed by atoms with E-state index in [4.69, 9.17) is 9.97 Å². The number of pyridine rings is 2. The molecule has 0 N–H and O–H groups in total. The number of rotatable bonds is 7. The van der Waals surface area contributed by atoms with Crippen LogP contribution in [0.25, 0.3) is 75.5 Å². The maximum atomic E-state index is 5.59. The van der Waals surface area contributed by atoms with Crippen LogP contribution in [0.5, 0.6) is 0 Å². The molecule has 0 spiro atoms. The lowest BCUT2D eigenvalue weighted by Gasteiger charge is -2.35. The molecule has 4 heteroatoms. The van der Waals surface area contributed by atoms with Crippen LogP contribution in [0, 0.1) is 6.92 Å². The Morgan fingerprint density at radius 2 is 1.00 bits per heavy atom. The number of nitrogens with zero attached hydrogens (tertiary/aromatic N) is 2. The van der Waals surface area contributed by atoms with Gasteiger partial charge in [-0.3, -0.25) is 4.98 Å². The summed E-state index contributed by atoms with van der Waals surface area (Å²) in [7, 11) is -2.81. The number of aryl methyl sites for hydroxylation is 1. The second kappa shape index (κ2) is 14.4. The highest BCUT2D eigenvalue weighted by molar-refractivity contribution is 7.26. The number of benzene rings is 8. The predicted molar refractivity (Wildman–Crippen MR) is 255 cm³/mol. The summed E-state index contributed by atoms with van der Waals surface area (Å²) < 4.78 is 2.53. The van der Waals surface area contributed by atoms with Gasteiger partial charge in [-0.1, -0.05) is 194 Å². The monoisotopic (exact) mass is 786 g/mol. The average Bonchev–Trinajstić information content (AvgIpc) is 3.69. The predicted octanol–water partition coefficient (Wildman–Crippen LogP) is 11.8. The van der Waals surface area contributed by atoms with Crippen LogP contribution in [-0.4, -0.2) is 18.0 Å². The van der Waals surface area contributed by atoms with E-state index in [0.29, 0.717) is 0 Å². The minimum Gasteiger partial charge on any atom is -0.254 e. The van der Waals surface area contributed by atoms with Gasteiger partial charge in [0.05, 0.1) is 16.7 Å². The van der Waals surface area contributed by atoms with Gasteiger partial charge in [0.15, 0.2) is 8.07 Å². The van der Waals surface area contributed by atoms with Gasteiger partial charge in [0.2, 0.25) is 0 Å². The molecule has 0 atom stereocenters. The van der Waals surface area contributed by atoms with Gasteiger partial charge in [-0.25, -0.2) is 4.98 Å². The lowest BCUT2D eigenvalue weighted by molar-refractivity contribution is 1.37. The summed E-state index contributed by atoms with van der Waals surface area (Å²) in [6.07, 6.45) is 1.94. The molecule has 2 nitrogen and oxygen atoms in total. The van der Waals surface area contributed by atoms with Crippen molar-refractivity contribution in [1.29, 1.82) is 0 Å². The standard InChI is InChI=1S/C55H38N2SSi/c1-37-16-13-24-42(34-37)59(40-20-7-3-8-21-40,41-22-9-4-10-23-41)43-25-14-19-39(35-43)50-36-51(49-28-15-27-48-45-26-11-12-29-52(45)58-55(48)49)57-54-47(50)31-30-46-44(32-33-56-53(46)54)38-17-5-2-6-18-38/h2-36H,1H3. The van der Waals surface area contributed by atoms with Crippen molar-refractivity contribution >= 4 is 82.1 Å². The van der Waals surface area contributed by atoms with Crippen LogP contribution in [0.3, 0.4) is 0 Å². The topological polar surface area (TPSA) is 25.8 Å². The largest absolute Gasteiger partial charge is 0.254 e. The smallest absolute Gasteiger partial charge is 0.179 e. The maximum Gasteiger partial charge on any atom is 0.179 e. The number of thiophene rings is 1. The molecule has 0 saturated carbocycles. The Morgan fingerprint density at radius 1 is 0.407 bits per heavy atom. The molecular weight excluding hydrogens is 749 g/mol. The Bertz CT molecular complexity index is 3300. The van der Waals surface area contributed by atoms with Gasteiger partial charge in [0, 0.05) is 42.7 Å². The quantitative estimate of drug-likeness (QED) is 0.0913. The SMILES string of the molecule is Cc1cccc([Si](c2ccccc2)(c2ccccc2)c2cccc(-c3cc(-c4cccc5c4sc4ccccc45)nc4c3ccc3c(-c5ccccc5)ccnc34)c2)c1. The average molecular weight is 787 g/mol. The molecular formula is C55H38N2SSi. The summed E-state index contributed by atoms with van der Waals surface area (Å²) in [5, 5.41) is 10.1. The first kappa shape index (κ1) is 35.2. The first-order valence-electron chi connectivity index (χ1n) is 20.1. The van der Waals surface area contributed by atoms with E-state index in [2.05, 4.69) is 213 Å². The number of aromatic nitrogens is 2. The summed E-state index contributed by atoms with van der Waals surface area (Å²) in [5.74, 6) is 0. The fourth-order valence-corrected chi connectivity index (χ4v) is 15.4. The molecule has 3 aromatic heterocycles. The van der Waals surface area contributed by atoms with Gasteiger partial charge in [-0.2, -0.15) is 0 Å². The zero-order chi connectivity index (χ0) is 39.3. The third kappa shape index (κ3) is 5.83. The third-order valence-corrected chi connectivity index (χ3v) is 17.9. The summed E-state index contributed by atoms with van der Waals surface area (Å²) in [5.41, 5.74) is 9.78. The minimum absolute atomic E-state index is 0.906. The highest BCUT2D eigenvalue weighted by atomic mass is 32.1. The van der Waals surface area contributed by atoms with E-state index in [-0.39, 0.29) is 0 Å². The highest BCUT2D eigenvalue weighted by Crippen LogP contribution is 2.42. The Hall–Kier alpha value is -6.98. The van der Waals surface area contributed by atoms with E-state index in [1.807, 2.05) is 17.5 Å². The molecule has 0 aliphatic heterocycles. The third-order valence-electron chi connectivity index (χ3n) is 11.9. The molecule has 11 aromatic rings. The minimum atomic E-state index is -2.81. The number of fused-ring (bicyclic) bond motifs is 6. The molecule has 3 heterocycles. The van der Waals surface area contributed by atoms with Crippen molar-refractivity contribution in [2.24, 2.45) is 0 Å². The van der Waals surface area contributed by atoms with E-state index in [1.165, 1.54) is 46.5 Å². The Kier molecular flexibility index (Phi) is 8.61. The second-order valence-electron chi connectivity index (χ2n) is 15.4. The van der Waals surface area contributed by atoms with E-state index in [9.17, 15) is 0 Å².